The minimum absolute atomic E-state index is 0.242. The van der Waals surface area contributed by atoms with Gasteiger partial charge in [-0.3, -0.25) is 0 Å². The fourth-order valence-corrected chi connectivity index (χ4v) is 3.44. The lowest BCUT2D eigenvalue weighted by Crippen LogP contribution is -2.25. The van der Waals surface area contributed by atoms with Crippen LogP contribution in [-0.4, -0.2) is 34.6 Å². The second-order valence-electron chi connectivity index (χ2n) is 7.08. The van der Waals surface area contributed by atoms with Crippen molar-refractivity contribution in [3.8, 4) is 0 Å². The van der Waals surface area contributed by atoms with Crippen molar-refractivity contribution in [2.45, 2.75) is 25.4 Å². The van der Waals surface area contributed by atoms with Gasteiger partial charge in [-0.1, -0.05) is 52.6 Å². The zero-order valence-corrected chi connectivity index (χ0v) is 17.9. The van der Waals surface area contributed by atoms with Crippen LogP contribution in [0.2, 0.25) is 10.0 Å². The summed E-state index contributed by atoms with van der Waals surface area (Å²) >= 11 is 12.0. The number of benzene rings is 2. The van der Waals surface area contributed by atoms with Gasteiger partial charge in [0.25, 0.3) is 0 Å². The normalized spacial score (nSPS) is 21.7. The summed E-state index contributed by atoms with van der Waals surface area (Å²) in [6.45, 7) is 3.08. The van der Waals surface area contributed by atoms with Gasteiger partial charge in [0, 0.05) is 33.6 Å². The molecule has 8 heteroatoms. The van der Waals surface area contributed by atoms with Crippen molar-refractivity contribution in [1.82, 2.24) is 9.55 Å². The van der Waals surface area contributed by atoms with Crippen LogP contribution in [0, 0.1) is 0 Å². The van der Waals surface area contributed by atoms with Crippen molar-refractivity contribution >= 4 is 28.9 Å². The van der Waals surface area contributed by atoms with E-state index in [2.05, 4.69) is 10.1 Å². The first-order valence-corrected chi connectivity index (χ1v) is 10.3. The molecule has 0 bridgehead atoms. The number of halogens is 2. The highest BCUT2D eigenvalue weighted by Crippen LogP contribution is 2.34. The van der Waals surface area contributed by atoms with Crippen LogP contribution in [0.15, 0.2) is 72.4 Å². The van der Waals surface area contributed by atoms with E-state index < -0.39 is 5.79 Å². The van der Waals surface area contributed by atoms with E-state index in [9.17, 15) is 0 Å². The second kappa shape index (κ2) is 9.18. The molecule has 0 amide bonds. The van der Waals surface area contributed by atoms with Crippen LogP contribution in [0.1, 0.15) is 18.1 Å². The summed E-state index contributed by atoms with van der Waals surface area (Å²) in [4.78, 5) is 9.73. The van der Waals surface area contributed by atoms with Crippen molar-refractivity contribution in [2.24, 2.45) is 5.16 Å². The predicted octanol–water partition coefficient (Wildman–Crippen LogP) is 4.90. The summed E-state index contributed by atoms with van der Waals surface area (Å²) in [7, 11) is 0. The average molecular weight is 446 g/mol. The Kier molecular flexibility index (Phi) is 6.39. The summed E-state index contributed by atoms with van der Waals surface area (Å²) < 4.78 is 13.9. The summed E-state index contributed by atoms with van der Waals surface area (Å²) in [6, 6.07) is 14.9. The molecule has 2 aromatic carbocycles. The third-order valence-corrected chi connectivity index (χ3v) is 5.31. The van der Waals surface area contributed by atoms with E-state index in [1.807, 2.05) is 66.2 Å². The lowest BCUT2D eigenvalue weighted by Gasteiger charge is -2.23. The zero-order chi connectivity index (χ0) is 21.0. The summed E-state index contributed by atoms with van der Waals surface area (Å²) in [5, 5.41) is 5.70. The van der Waals surface area contributed by atoms with Gasteiger partial charge in [0.1, 0.15) is 18.4 Å². The number of aromatic nitrogens is 2. The Morgan fingerprint density at radius 3 is 2.53 bits per heavy atom. The minimum Gasteiger partial charge on any atom is -0.393 e. The molecule has 0 aliphatic carbocycles. The summed E-state index contributed by atoms with van der Waals surface area (Å²) in [6.07, 6.45) is 5.09. The van der Waals surface area contributed by atoms with Crippen LogP contribution in [0.25, 0.3) is 0 Å². The predicted molar refractivity (Wildman–Crippen MR) is 116 cm³/mol. The SMILES string of the molecule is CC1(c2ccc(Cl)cc2)OCC(CO/N=C(/Cn2ccnc2)c2ccc(Cl)cc2)O1. The standard InChI is InChI=1S/C22H21Cl2N3O3/c1-22(17-4-8-19(24)9-5-17)28-13-20(30-22)14-29-26-21(12-27-11-10-25-15-27)16-2-6-18(23)7-3-16/h2-11,15,20H,12-14H2,1H3/b26-21-. The fraction of sp³-hybridized carbons (Fsp3) is 0.273. The van der Waals surface area contributed by atoms with E-state index in [0.717, 1.165) is 16.8 Å². The molecule has 2 heterocycles. The van der Waals surface area contributed by atoms with Gasteiger partial charge in [0.2, 0.25) is 0 Å². The first kappa shape index (κ1) is 20.9. The summed E-state index contributed by atoms with van der Waals surface area (Å²) in [5.74, 6) is -0.835. The van der Waals surface area contributed by atoms with Crippen molar-refractivity contribution in [3.05, 3.63) is 88.4 Å². The maximum atomic E-state index is 6.09. The highest BCUT2D eigenvalue weighted by molar-refractivity contribution is 6.30. The van der Waals surface area contributed by atoms with E-state index in [1.165, 1.54) is 0 Å². The molecule has 1 fully saturated rings. The van der Waals surface area contributed by atoms with Crippen molar-refractivity contribution < 1.29 is 14.3 Å². The van der Waals surface area contributed by atoms with Gasteiger partial charge in [-0.15, -0.1) is 0 Å². The number of nitrogens with zero attached hydrogens (tertiary/aromatic N) is 3. The smallest absolute Gasteiger partial charge is 0.192 e. The van der Waals surface area contributed by atoms with Gasteiger partial charge in [0.15, 0.2) is 5.79 Å². The summed E-state index contributed by atoms with van der Waals surface area (Å²) in [5.41, 5.74) is 2.58. The third kappa shape index (κ3) is 5.02. The van der Waals surface area contributed by atoms with Crippen LogP contribution in [0.5, 0.6) is 0 Å². The lowest BCUT2D eigenvalue weighted by atomic mass is 10.1. The number of hydrogen-bond donors (Lipinski definition) is 0. The Morgan fingerprint density at radius 2 is 1.87 bits per heavy atom. The molecule has 0 spiro atoms. The number of ether oxygens (including phenoxy) is 2. The van der Waals surface area contributed by atoms with Crippen LogP contribution < -0.4 is 0 Å². The van der Waals surface area contributed by atoms with Gasteiger partial charge >= 0.3 is 0 Å². The van der Waals surface area contributed by atoms with Crippen LogP contribution in [0.3, 0.4) is 0 Å². The van der Waals surface area contributed by atoms with Crippen molar-refractivity contribution in [2.75, 3.05) is 13.2 Å². The maximum absolute atomic E-state index is 6.09. The van der Waals surface area contributed by atoms with Crippen LogP contribution in [-0.2, 0) is 26.6 Å². The molecule has 0 N–H and O–H groups in total. The topological polar surface area (TPSA) is 57.9 Å². The fourth-order valence-electron chi connectivity index (χ4n) is 3.19. The minimum atomic E-state index is -0.835. The van der Waals surface area contributed by atoms with E-state index in [4.69, 9.17) is 37.5 Å². The molecule has 2 unspecified atom stereocenters. The second-order valence-corrected chi connectivity index (χ2v) is 7.95. The molecule has 4 rings (SSSR count). The number of imidazole rings is 1. The number of oxime groups is 1. The van der Waals surface area contributed by atoms with Gasteiger partial charge in [0.05, 0.1) is 19.5 Å². The molecule has 156 valence electrons. The molecular weight excluding hydrogens is 425 g/mol. The van der Waals surface area contributed by atoms with Gasteiger partial charge < -0.3 is 18.9 Å². The Labute approximate surface area is 185 Å². The molecule has 1 aliphatic rings. The Bertz CT molecular complexity index is 991. The van der Waals surface area contributed by atoms with Crippen LogP contribution >= 0.6 is 23.2 Å². The first-order valence-electron chi connectivity index (χ1n) is 9.50. The number of hydrogen-bond acceptors (Lipinski definition) is 5. The quantitative estimate of drug-likeness (QED) is 0.383. The Morgan fingerprint density at radius 1 is 1.17 bits per heavy atom. The van der Waals surface area contributed by atoms with Gasteiger partial charge in [-0.05, 0) is 31.2 Å². The molecule has 30 heavy (non-hydrogen) atoms. The van der Waals surface area contributed by atoms with E-state index >= 15 is 0 Å². The Balaban J connectivity index is 1.41. The Hall–Kier alpha value is -2.38. The van der Waals surface area contributed by atoms with Gasteiger partial charge in [-0.25, -0.2) is 4.98 Å². The van der Waals surface area contributed by atoms with E-state index in [0.29, 0.717) is 23.2 Å². The van der Waals surface area contributed by atoms with Crippen LogP contribution in [0.4, 0.5) is 0 Å². The molecule has 6 nitrogen and oxygen atoms in total. The molecule has 2 atom stereocenters. The highest BCUT2D eigenvalue weighted by Gasteiger charge is 2.39. The zero-order valence-electron chi connectivity index (χ0n) is 16.4. The number of rotatable bonds is 7. The first-order chi connectivity index (χ1) is 14.5. The third-order valence-electron chi connectivity index (χ3n) is 4.81. The molecule has 0 radical (unpaired) electrons. The molecule has 3 aromatic rings. The monoisotopic (exact) mass is 445 g/mol. The van der Waals surface area contributed by atoms with Crippen molar-refractivity contribution in [3.63, 3.8) is 0 Å². The highest BCUT2D eigenvalue weighted by atomic mass is 35.5. The van der Waals surface area contributed by atoms with E-state index in [-0.39, 0.29) is 12.7 Å². The van der Waals surface area contributed by atoms with E-state index in [1.54, 1.807) is 12.5 Å². The molecular formula is C22H21Cl2N3O3. The molecule has 1 aromatic heterocycles. The maximum Gasteiger partial charge on any atom is 0.192 e. The van der Waals surface area contributed by atoms with Gasteiger partial charge in [-0.2, -0.15) is 0 Å². The lowest BCUT2D eigenvalue weighted by molar-refractivity contribution is -0.167. The molecule has 0 saturated carbocycles. The largest absolute Gasteiger partial charge is 0.393 e. The molecule has 1 saturated heterocycles. The average Bonchev–Trinajstić information content (AvgIpc) is 3.39. The van der Waals surface area contributed by atoms with Crippen molar-refractivity contribution in [1.29, 1.82) is 0 Å². The molecule has 1 aliphatic heterocycles.